The number of esters is 1. The lowest BCUT2D eigenvalue weighted by atomic mass is 10.1. The standard InChI is InChI=1S/C25H26N4O5/c1-4-33-25(32)21-22(31)20(13-16-14-27-23-18(16)6-5-9-26-23)34-24(21)28-19-8-7-17(12-15(19)2)29(3)10-11-30/h5-9,12-14,28,30H,4,10-11H2,1-3H3,(H,26,27). The highest BCUT2D eigenvalue weighted by molar-refractivity contribution is 6.26. The highest BCUT2D eigenvalue weighted by atomic mass is 16.5. The Morgan fingerprint density at radius 3 is 2.91 bits per heavy atom. The Morgan fingerprint density at radius 2 is 2.18 bits per heavy atom. The van der Waals surface area contributed by atoms with Gasteiger partial charge in [-0.2, -0.15) is 0 Å². The minimum absolute atomic E-state index is 0.00672. The van der Waals surface area contributed by atoms with Crippen molar-refractivity contribution >= 4 is 40.2 Å². The first-order chi connectivity index (χ1) is 16.4. The minimum Gasteiger partial charge on any atom is -0.462 e. The number of pyridine rings is 1. The van der Waals surface area contributed by atoms with Gasteiger partial charge in [-0.15, -0.1) is 0 Å². The smallest absolute Gasteiger partial charge is 0.347 e. The van der Waals surface area contributed by atoms with Crippen LogP contribution in [0.5, 0.6) is 0 Å². The molecule has 0 amide bonds. The third-order valence-corrected chi connectivity index (χ3v) is 5.47. The largest absolute Gasteiger partial charge is 0.462 e. The predicted octanol–water partition coefficient (Wildman–Crippen LogP) is 3.13. The van der Waals surface area contributed by atoms with Gasteiger partial charge in [-0.25, -0.2) is 9.78 Å². The van der Waals surface area contributed by atoms with Gasteiger partial charge in [0.05, 0.1) is 13.2 Å². The van der Waals surface area contributed by atoms with Crippen LogP contribution in [-0.4, -0.2) is 53.6 Å². The van der Waals surface area contributed by atoms with Gasteiger partial charge in [0, 0.05) is 48.3 Å². The van der Waals surface area contributed by atoms with E-state index in [1.54, 1.807) is 31.5 Å². The first-order valence-electron chi connectivity index (χ1n) is 10.9. The lowest BCUT2D eigenvalue weighted by Gasteiger charge is -2.20. The summed E-state index contributed by atoms with van der Waals surface area (Å²) in [7, 11) is 1.88. The van der Waals surface area contributed by atoms with E-state index in [1.165, 1.54) is 0 Å². The Morgan fingerprint density at radius 1 is 1.35 bits per heavy atom. The molecule has 4 rings (SSSR count). The Bertz CT molecular complexity index is 1310. The van der Waals surface area contributed by atoms with Crippen molar-refractivity contribution in [3.05, 3.63) is 71.1 Å². The van der Waals surface area contributed by atoms with E-state index in [4.69, 9.17) is 9.47 Å². The van der Waals surface area contributed by atoms with E-state index in [0.717, 1.165) is 16.6 Å². The average Bonchev–Trinajstić information content (AvgIpc) is 3.36. The number of anilines is 2. The number of carbonyl (C=O) groups is 2. The van der Waals surface area contributed by atoms with Crippen molar-refractivity contribution in [2.45, 2.75) is 13.8 Å². The fourth-order valence-corrected chi connectivity index (χ4v) is 3.67. The topological polar surface area (TPSA) is 117 Å². The molecule has 3 aromatic rings. The molecule has 0 unspecified atom stereocenters. The first-order valence-corrected chi connectivity index (χ1v) is 10.9. The number of aliphatic hydroxyl groups excluding tert-OH is 1. The fraction of sp³-hybridized carbons (Fsp3) is 0.240. The molecule has 1 aliphatic rings. The van der Waals surface area contributed by atoms with Crippen molar-refractivity contribution in [2.24, 2.45) is 0 Å². The van der Waals surface area contributed by atoms with Crippen LogP contribution in [0.15, 0.2) is 59.9 Å². The summed E-state index contributed by atoms with van der Waals surface area (Å²) in [5.74, 6) is -1.29. The number of hydrogen-bond acceptors (Lipinski definition) is 8. The number of Topliss-reactive ketones (excluding diaryl/α,β-unsaturated/α-hetero) is 1. The number of benzene rings is 1. The summed E-state index contributed by atoms with van der Waals surface area (Å²) < 4.78 is 11.0. The highest BCUT2D eigenvalue weighted by Crippen LogP contribution is 2.32. The number of ketones is 1. The number of H-pyrrole nitrogens is 1. The van der Waals surface area contributed by atoms with Crippen LogP contribution in [0.1, 0.15) is 18.1 Å². The van der Waals surface area contributed by atoms with Gasteiger partial charge < -0.3 is 29.8 Å². The molecule has 0 bridgehead atoms. The van der Waals surface area contributed by atoms with E-state index in [2.05, 4.69) is 15.3 Å². The van der Waals surface area contributed by atoms with E-state index in [9.17, 15) is 14.7 Å². The third-order valence-electron chi connectivity index (χ3n) is 5.47. The zero-order chi connectivity index (χ0) is 24.2. The number of aliphatic hydroxyl groups is 1. The molecule has 2 aromatic heterocycles. The molecule has 0 aliphatic carbocycles. The quantitative estimate of drug-likeness (QED) is 0.266. The molecule has 0 radical (unpaired) electrons. The molecule has 9 heteroatoms. The number of ether oxygens (including phenoxy) is 2. The van der Waals surface area contributed by atoms with Crippen LogP contribution in [0.4, 0.5) is 11.4 Å². The minimum atomic E-state index is -0.754. The maximum atomic E-state index is 13.1. The van der Waals surface area contributed by atoms with Crippen LogP contribution >= 0.6 is 0 Å². The summed E-state index contributed by atoms with van der Waals surface area (Å²) in [6, 6.07) is 9.32. The van der Waals surface area contributed by atoms with Crippen LogP contribution in [0.2, 0.25) is 0 Å². The number of aromatic nitrogens is 2. The molecule has 34 heavy (non-hydrogen) atoms. The predicted molar refractivity (Wildman–Crippen MR) is 129 cm³/mol. The number of allylic oxidation sites excluding steroid dienone is 1. The van der Waals surface area contributed by atoms with Gasteiger partial charge in [0.2, 0.25) is 11.7 Å². The van der Waals surface area contributed by atoms with Crippen LogP contribution in [0.3, 0.4) is 0 Å². The van der Waals surface area contributed by atoms with Crippen molar-refractivity contribution in [3.63, 3.8) is 0 Å². The molecular formula is C25H26N4O5. The third kappa shape index (κ3) is 4.51. The second-order valence-electron chi connectivity index (χ2n) is 7.78. The number of fused-ring (bicyclic) bond motifs is 1. The van der Waals surface area contributed by atoms with E-state index < -0.39 is 11.8 Å². The normalized spacial score (nSPS) is 14.6. The molecule has 0 atom stereocenters. The van der Waals surface area contributed by atoms with Crippen molar-refractivity contribution < 1.29 is 24.2 Å². The number of aromatic amines is 1. The molecular weight excluding hydrogens is 436 g/mol. The van der Waals surface area contributed by atoms with Crippen LogP contribution in [0, 0.1) is 6.92 Å². The number of nitrogens with zero attached hydrogens (tertiary/aromatic N) is 2. The molecule has 3 heterocycles. The van der Waals surface area contributed by atoms with Gasteiger partial charge in [0.1, 0.15) is 5.65 Å². The first kappa shape index (κ1) is 23.1. The van der Waals surface area contributed by atoms with Crippen molar-refractivity contribution in [1.29, 1.82) is 0 Å². The Hall–Kier alpha value is -4.11. The van der Waals surface area contributed by atoms with E-state index in [1.807, 2.05) is 43.1 Å². The van der Waals surface area contributed by atoms with E-state index in [0.29, 0.717) is 23.4 Å². The summed E-state index contributed by atoms with van der Waals surface area (Å²) in [6.45, 7) is 4.24. The Balaban J connectivity index is 1.66. The molecule has 9 nitrogen and oxygen atoms in total. The van der Waals surface area contributed by atoms with Gasteiger partial charge in [-0.1, -0.05) is 0 Å². The SMILES string of the molecule is CCOC(=O)C1=C(Nc2ccc(N(C)CCO)cc2C)OC(=Cc2c[nH]c3ncccc23)C1=O. The monoisotopic (exact) mass is 462 g/mol. The summed E-state index contributed by atoms with van der Waals surface area (Å²) >= 11 is 0. The number of likely N-dealkylation sites (N-methyl/N-ethyl adjacent to an activating group) is 1. The number of carbonyl (C=O) groups excluding carboxylic acids is 2. The summed E-state index contributed by atoms with van der Waals surface area (Å²) in [5.41, 5.74) is 3.67. The summed E-state index contributed by atoms with van der Waals surface area (Å²) in [4.78, 5) is 35.0. The highest BCUT2D eigenvalue weighted by Gasteiger charge is 2.37. The van der Waals surface area contributed by atoms with Crippen molar-refractivity contribution in [3.8, 4) is 0 Å². The molecule has 0 fully saturated rings. The fourth-order valence-electron chi connectivity index (χ4n) is 3.67. The maximum absolute atomic E-state index is 13.1. The van der Waals surface area contributed by atoms with Crippen molar-refractivity contribution in [2.75, 3.05) is 37.0 Å². The average molecular weight is 463 g/mol. The second-order valence-corrected chi connectivity index (χ2v) is 7.78. The molecule has 0 spiro atoms. The van der Waals surface area contributed by atoms with Gasteiger partial charge in [0.25, 0.3) is 0 Å². The van der Waals surface area contributed by atoms with Gasteiger partial charge in [-0.05, 0) is 55.8 Å². The Labute approximate surface area is 196 Å². The van der Waals surface area contributed by atoms with Crippen molar-refractivity contribution in [1.82, 2.24) is 9.97 Å². The second kappa shape index (κ2) is 9.80. The molecule has 0 saturated heterocycles. The number of nitrogens with one attached hydrogen (secondary N) is 2. The number of rotatable bonds is 8. The molecule has 176 valence electrons. The summed E-state index contributed by atoms with van der Waals surface area (Å²) in [5, 5.41) is 13.1. The lowest BCUT2D eigenvalue weighted by Crippen LogP contribution is -2.21. The zero-order valence-electron chi connectivity index (χ0n) is 19.2. The van der Waals surface area contributed by atoms with E-state index in [-0.39, 0.29) is 30.4 Å². The van der Waals surface area contributed by atoms with Gasteiger partial charge >= 0.3 is 5.97 Å². The summed E-state index contributed by atoms with van der Waals surface area (Å²) in [6.07, 6.45) is 4.98. The van der Waals surface area contributed by atoms with Crippen LogP contribution in [0.25, 0.3) is 17.1 Å². The Kier molecular flexibility index (Phi) is 6.65. The number of aryl methyl sites for hydroxylation is 1. The van der Waals surface area contributed by atoms with Gasteiger partial charge in [0.15, 0.2) is 11.3 Å². The van der Waals surface area contributed by atoms with Crippen LogP contribution < -0.4 is 10.2 Å². The number of hydrogen-bond donors (Lipinski definition) is 3. The maximum Gasteiger partial charge on any atom is 0.347 e. The molecule has 0 saturated carbocycles. The lowest BCUT2D eigenvalue weighted by molar-refractivity contribution is -0.139. The molecule has 3 N–H and O–H groups in total. The van der Waals surface area contributed by atoms with Crippen LogP contribution in [-0.2, 0) is 19.1 Å². The van der Waals surface area contributed by atoms with E-state index >= 15 is 0 Å². The van der Waals surface area contributed by atoms with Gasteiger partial charge in [-0.3, -0.25) is 4.79 Å². The molecule has 1 aromatic carbocycles. The molecule has 1 aliphatic heterocycles. The zero-order valence-corrected chi connectivity index (χ0v) is 19.2.